The van der Waals surface area contributed by atoms with Gasteiger partial charge in [0, 0.05) is 13.1 Å². The first kappa shape index (κ1) is 24.2. The van der Waals surface area contributed by atoms with Crippen LogP contribution in [0.5, 0.6) is 0 Å². The zero-order valence-electron chi connectivity index (χ0n) is 19.1. The van der Waals surface area contributed by atoms with E-state index in [1.54, 1.807) is 0 Å². The summed E-state index contributed by atoms with van der Waals surface area (Å²) in [6.45, 7) is -0.569. The van der Waals surface area contributed by atoms with Crippen LogP contribution in [0, 0.1) is 11.6 Å². The molecule has 0 aliphatic heterocycles. The molecule has 3 aromatic carbocycles. The van der Waals surface area contributed by atoms with E-state index in [0.717, 1.165) is 27.8 Å². The summed E-state index contributed by atoms with van der Waals surface area (Å²) in [4.78, 5) is 18.2. The van der Waals surface area contributed by atoms with Crippen molar-refractivity contribution >= 4 is 11.7 Å². The SMILES string of the molecule is CN(C(=O)[C@H](CO)NC(c1ccccc1)(c1ccccc1)c1ccccc1)c1ncc(F)cc1F. The van der Waals surface area contributed by atoms with E-state index in [1.807, 2.05) is 91.0 Å². The number of carbonyl (C=O) groups is 1. The third kappa shape index (κ3) is 4.82. The summed E-state index contributed by atoms with van der Waals surface area (Å²) in [5, 5.41) is 13.7. The fourth-order valence-corrected chi connectivity index (χ4v) is 4.25. The van der Waals surface area contributed by atoms with E-state index in [1.165, 1.54) is 7.05 Å². The van der Waals surface area contributed by atoms with Crippen molar-refractivity contribution in [2.24, 2.45) is 0 Å². The third-order valence-electron chi connectivity index (χ3n) is 5.93. The van der Waals surface area contributed by atoms with E-state index in [0.29, 0.717) is 6.07 Å². The number of amides is 1. The van der Waals surface area contributed by atoms with E-state index >= 15 is 0 Å². The van der Waals surface area contributed by atoms with E-state index in [9.17, 15) is 18.7 Å². The predicted octanol–water partition coefficient (Wildman–Crippen LogP) is 4.27. The molecule has 2 N–H and O–H groups in total. The first-order valence-corrected chi connectivity index (χ1v) is 11.1. The van der Waals surface area contributed by atoms with Gasteiger partial charge in [-0.3, -0.25) is 15.0 Å². The summed E-state index contributed by atoms with van der Waals surface area (Å²) in [6, 6.07) is 28.3. The first-order chi connectivity index (χ1) is 17.0. The van der Waals surface area contributed by atoms with E-state index in [2.05, 4.69) is 10.3 Å². The number of benzene rings is 3. The quantitative estimate of drug-likeness (QED) is 0.375. The number of rotatable bonds is 8. The summed E-state index contributed by atoms with van der Waals surface area (Å²) in [5.74, 6) is -2.78. The average molecular weight is 474 g/mol. The number of hydrogen-bond donors (Lipinski definition) is 2. The minimum absolute atomic E-state index is 0.332. The Balaban J connectivity index is 1.84. The van der Waals surface area contributed by atoms with Crippen LogP contribution in [0.25, 0.3) is 0 Å². The van der Waals surface area contributed by atoms with Gasteiger partial charge in [0.05, 0.1) is 18.3 Å². The highest BCUT2D eigenvalue weighted by Gasteiger charge is 2.40. The Morgan fingerprint density at radius 1 is 0.914 bits per heavy atom. The second-order valence-corrected chi connectivity index (χ2v) is 8.08. The van der Waals surface area contributed by atoms with Gasteiger partial charge in [0.2, 0.25) is 5.91 Å². The summed E-state index contributed by atoms with van der Waals surface area (Å²) in [5.41, 5.74) is 1.51. The average Bonchev–Trinajstić information content (AvgIpc) is 2.90. The molecule has 178 valence electrons. The van der Waals surface area contributed by atoms with Crippen LogP contribution in [0.3, 0.4) is 0 Å². The van der Waals surface area contributed by atoms with Crippen molar-refractivity contribution in [1.29, 1.82) is 0 Å². The van der Waals surface area contributed by atoms with Gasteiger partial charge >= 0.3 is 0 Å². The highest BCUT2D eigenvalue weighted by atomic mass is 19.1. The Morgan fingerprint density at radius 3 is 1.77 bits per heavy atom. The van der Waals surface area contributed by atoms with Crippen LogP contribution in [-0.4, -0.2) is 35.7 Å². The lowest BCUT2D eigenvalue weighted by molar-refractivity contribution is -0.121. The lowest BCUT2D eigenvalue weighted by Gasteiger charge is -2.40. The predicted molar refractivity (Wildman–Crippen MR) is 131 cm³/mol. The van der Waals surface area contributed by atoms with E-state index in [-0.39, 0.29) is 5.82 Å². The highest BCUT2D eigenvalue weighted by molar-refractivity contribution is 5.96. The molecule has 0 aliphatic rings. The maximum Gasteiger partial charge on any atom is 0.247 e. The lowest BCUT2D eigenvalue weighted by atomic mass is 9.76. The van der Waals surface area contributed by atoms with Crippen molar-refractivity contribution in [3.8, 4) is 0 Å². The minimum Gasteiger partial charge on any atom is -0.394 e. The molecule has 1 aromatic heterocycles. The molecule has 0 aliphatic carbocycles. The molecule has 0 saturated carbocycles. The van der Waals surface area contributed by atoms with Crippen molar-refractivity contribution in [1.82, 2.24) is 10.3 Å². The summed E-state index contributed by atoms with van der Waals surface area (Å²) >= 11 is 0. The summed E-state index contributed by atoms with van der Waals surface area (Å²) in [6.07, 6.45) is 0.839. The van der Waals surface area contributed by atoms with Crippen molar-refractivity contribution in [3.63, 3.8) is 0 Å². The van der Waals surface area contributed by atoms with Gasteiger partial charge in [-0.15, -0.1) is 0 Å². The molecule has 1 amide bonds. The maximum atomic E-state index is 14.4. The van der Waals surface area contributed by atoms with Crippen LogP contribution in [0.4, 0.5) is 14.6 Å². The number of nitrogens with one attached hydrogen (secondary N) is 1. The first-order valence-electron chi connectivity index (χ1n) is 11.1. The number of aliphatic hydroxyl groups is 1. The van der Waals surface area contributed by atoms with Crippen LogP contribution in [0.1, 0.15) is 16.7 Å². The normalized spacial score (nSPS) is 12.2. The molecular formula is C28H25F2N3O2. The molecule has 4 rings (SSSR count). The monoisotopic (exact) mass is 473 g/mol. The molecule has 4 aromatic rings. The van der Waals surface area contributed by atoms with Crippen LogP contribution in [-0.2, 0) is 10.3 Å². The Labute approximate surface area is 202 Å². The molecule has 0 bridgehead atoms. The number of pyridine rings is 1. The van der Waals surface area contributed by atoms with Gasteiger partial charge < -0.3 is 5.11 Å². The molecule has 0 spiro atoms. The molecule has 0 radical (unpaired) electrons. The number of likely N-dealkylation sites (N-methyl/N-ethyl adjacent to an activating group) is 1. The molecule has 0 saturated heterocycles. The fourth-order valence-electron chi connectivity index (χ4n) is 4.25. The molecule has 0 unspecified atom stereocenters. The van der Waals surface area contributed by atoms with E-state index in [4.69, 9.17) is 0 Å². The smallest absolute Gasteiger partial charge is 0.247 e. The largest absolute Gasteiger partial charge is 0.394 e. The Hall–Kier alpha value is -3.94. The van der Waals surface area contributed by atoms with Gasteiger partial charge in [0.15, 0.2) is 11.6 Å². The lowest BCUT2D eigenvalue weighted by Crippen LogP contribution is -2.57. The second kappa shape index (κ2) is 10.5. The Morgan fingerprint density at radius 2 is 1.37 bits per heavy atom. The number of aromatic nitrogens is 1. The number of halogens is 2. The minimum atomic E-state index is -1.15. The van der Waals surface area contributed by atoms with Crippen molar-refractivity contribution < 1.29 is 18.7 Å². The highest BCUT2D eigenvalue weighted by Crippen LogP contribution is 2.37. The maximum absolute atomic E-state index is 14.4. The van der Waals surface area contributed by atoms with Gasteiger partial charge in [-0.05, 0) is 16.7 Å². The second-order valence-electron chi connectivity index (χ2n) is 8.08. The van der Waals surface area contributed by atoms with Crippen LogP contribution >= 0.6 is 0 Å². The van der Waals surface area contributed by atoms with Crippen LogP contribution in [0.15, 0.2) is 103 Å². The van der Waals surface area contributed by atoms with E-state index < -0.39 is 35.7 Å². The van der Waals surface area contributed by atoms with Crippen LogP contribution < -0.4 is 10.2 Å². The van der Waals surface area contributed by atoms with Crippen molar-refractivity contribution in [2.45, 2.75) is 11.6 Å². The number of anilines is 1. The number of hydrogen-bond acceptors (Lipinski definition) is 4. The molecule has 1 atom stereocenters. The zero-order valence-corrected chi connectivity index (χ0v) is 19.1. The molecule has 0 fully saturated rings. The number of aliphatic hydroxyl groups excluding tert-OH is 1. The molecule has 35 heavy (non-hydrogen) atoms. The van der Waals surface area contributed by atoms with Gasteiger partial charge in [-0.1, -0.05) is 91.0 Å². The molecule has 5 nitrogen and oxygen atoms in total. The molecule has 1 heterocycles. The molecule has 7 heteroatoms. The summed E-state index contributed by atoms with van der Waals surface area (Å²) in [7, 11) is 1.34. The van der Waals surface area contributed by atoms with Gasteiger partial charge in [0.25, 0.3) is 0 Å². The van der Waals surface area contributed by atoms with Crippen LogP contribution in [0.2, 0.25) is 0 Å². The van der Waals surface area contributed by atoms with Gasteiger partial charge in [-0.2, -0.15) is 0 Å². The van der Waals surface area contributed by atoms with Gasteiger partial charge in [-0.25, -0.2) is 13.8 Å². The molecular weight excluding hydrogens is 448 g/mol. The number of carbonyl (C=O) groups excluding carboxylic acids is 1. The number of nitrogens with zero attached hydrogens (tertiary/aromatic N) is 2. The topological polar surface area (TPSA) is 65.5 Å². The zero-order chi connectivity index (χ0) is 24.8. The fraction of sp³-hybridized carbons (Fsp3) is 0.143. The Kier molecular flexibility index (Phi) is 7.29. The van der Waals surface area contributed by atoms with Crippen molar-refractivity contribution in [3.05, 3.63) is 132 Å². The standard InChI is InChI=1S/C28H25F2N3O2/c1-33(26-24(30)17-23(29)18-31-26)27(35)25(19-34)32-28(20-11-5-2-6-12-20,21-13-7-3-8-14-21)22-15-9-4-10-16-22/h2-18,25,32,34H,19H2,1H3/t25-/m0/s1. The van der Waals surface area contributed by atoms with Crippen molar-refractivity contribution in [2.75, 3.05) is 18.6 Å². The Bertz CT molecular complexity index is 1170. The summed E-state index contributed by atoms with van der Waals surface area (Å²) < 4.78 is 27.7. The van der Waals surface area contributed by atoms with Gasteiger partial charge in [0.1, 0.15) is 11.9 Å². The third-order valence-corrected chi connectivity index (χ3v) is 5.93.